The zero-order valence-corrected chi connectivity index (χ0v) is 17.7. The molecule has 0 N–H and O–H groups in total. The number of nitrogens with zero attached hydrogens (tertiary/aromatic N) is 4. The van der Waals surface area contributed by atoms with Crippen LogP contribution in [0.25, 0.3) is 11.1 Å². The van der Waals surface area contributed by atoms with Crippen molar-refractivity contribution in [2.75, 3.05) is 7.11 Å². The van der Waals surface area contributed by atoms with Gasteiger partial charge in [-0.25, -0.2) is 9.67 Å². The van der Waals surface area contributed by atoms with E-state index in [2.05, 4.69) is 53.0 Å². The summed E-state index contributed by atoms with van der Waals surface area (Å²) in [4.78, 5) is 9.52. The van der Waals surface area contributed by atoms with Gasteiger partial charge >= 0.3 is 0 Å². The second kappa shape index (κ2) is 8.19. The number of benzene rings is 2. The van der Waals surface area contributed by atoms with Crippen molar-refractivity contribution in [1.82, 2.24) is 14.8 Å². The Hall–Kier alpha value is -3.73. The lowest BCUT2D eigenvalue weighted by molar-refractivity contribution is 0.414. The highest BCUT2D eigenvalue weighted by Gasteiger charge is 2.30. The number of hydrogen-bond acceptors (Lipinski definition) is 4. The van der Waals surface area contributed by atoms with E-state index in [9.17, 15) is 0 Å². The standard InChI is InChI=1S/C26H24N4O/c1-3-22-25(18-9-5-4-6-10-18)26-28-23(19-11-7-13-21(15-19)31-2)16-24(30(26)29-22)20-12-8-14-27-17-20/h4-15,17,24H,3,16H2,1-2H3. The average Bonchev–Trinajstić information content (AvgIpc) is 3.23. The average molecular weight is 409 g/mol. The van der Waals surface area contributed by atoms with Crippen molar-refractivity contribution in [1.29, 1.82) is 0 Å². The maximum atomic E-state index is 5.46. The third kappa shape index (κ3) is 3.52. The lowest BCUT2D eigenvalue weighted by Gasteiger charge is -2.25. The Morgan fingerprint density at radius 2 is 1.84 bits per heavy atom. The van der Waals surface area contributed by atoms with Crippen LogP contribution in [0.1, 0.15) is 36.2 Å². The fourth-order valence-electron chi connectivity index (χ4n) is 4.20. The molecular weight excluding hydrogens is 384 g/mol. The molecule has 2 aromatic carbocycles. The Balaban J connectivity index is 1.74. The van der Waals surface area contributed by atoms with Crippen molar-refractivity contribution in [2.45, 2.75) is 25.8 Å². The zero-order chi connectivity index (χ0) is 21.2. The van der Waals surface area contributed by atoms with E-state index in [0.29, 0.717) is 0 Å². The van der Waals surface area contributed by atoms with Crippen LogP contribution in [-0.2, 0) is 6.42 Å². The van der Waals surface area contributed by atoms with Crippen LogP contribution in [0, 0.1) is 0 Å². The van der Waals surface area contributed by atoms with Gasteiger partial charge in [0.2, 0.25) is 0 Å². The normalized spacial score (nSPS) is 15.3. The van der Waals surface area contributed by atoms with Gasteiger partial charge in [-0.2, -0.15) is 5.10 Å². The monoisotopic (exact) mass is 408 g/mol. The van der Waals surface area contributed by atoms with E-state index in [1.165, 1.54) is 0 Å². The molecule has 1 unspecified atom stereocenters. The van der Waals surface area contributed by atoms with Crippen molar-refractivity contribution < 1.29 is 4.74 Å². The molecule has 0 amide bonds. The van der Waals surface area contributed by atoms with Crippen molar-refractivity contribution in [3.05, 3.63) is 95.9 Å². The summed E-state index contributed by atoms with van der Waals surface area (Å²) in [6.45, 7) is 2.15. The lowest BCUT2D eigenvalue weighted by atomic mass is 9.96. The van der Waals surface area contributed by atoms with Crippen LogP contribution in [0.5, 0.6) is 5.75 Å². The van der Waals surface area contributed by atoms with Gasteiger partial charge in [0.15, 0.2) is 5.82 Å². The number of aliphatic imine (C=N–C) groups is 1. The van der Waals surface area contributed by atoms with Crippen molar-refractivity contribution in [3.63, 3.8) is 0 Å². The molecule has 1 aliphatic rings. The van der Waals surface area contributed by atoms with Gasteiger partial charge in [0.1, 0.15) is 5.75 Å². The number of aryl methyl sites for hydroxylation is 1. The molecule has 1 aliphatic heterocycles. The van der Waals surface area contributed by atoms with Gasteiger partial charge < -0.3 is 4.74 Å². The minimum atomic E-state index is 0.0326. The topological polar surface area (TPSA) is 52.3 Å². The molecule has 31 heavy (non-hydrogen) atoms. The number of fused-ring (bicyclic) bond motifs is 1. The van der Waals surface area contributed by atoms with E-state index in [0.717, 1.165) is 58.1 Å². The highest BCUT2D eigenvalue weighted by atomic mass is 16.5. The van der Waals surface area contributed by atoms with E-state index < -0.39 is 0 Å². The first-order valence-corrected chi connectivity index (χ1v) is 10.6. The number of hydrogen-bond donors (Lipinski definition) is 0. The molecule has 0 fully saturated rings. The van der Waals surface area contributed by atoms with Crippen LogP contribution in [0.15, 0.2) is 84.1 Å². The van der Waals surface area contributed by atoms with Gasteiger partial charge in [0.05, 0.1) is 24.6 Å². The smallest absolute Gasteiger partial charge is 0.159 e. The third-order valence-corrected chi connectivity index (χ3v) is 5.75. The first-order valence-electron chi connectivity index (χ1n) is 10.6. The molecule has 3 heterocycles. The van der Waals surface area contributed by atoms with Crippen LogP contribution in [0.2, 0.25) is 0 Å². The molecule has 0 radical (unpaired) electrons. The molecule has 0 saturated heterocycles. The Kier molecular flexibility index (Phi) is 5.08. The first-order chi connectivity index (χ1) is 15.3. The fourth-order valence-corrected chi connectivity index (χ4v) is 4.20. The van der Waals surface area contributed by atoms with Crippen molar-refractivity contribution >= 4 is 11.5 Å². The largest absolute Gasteiger partial charge is 0.497 e. The van der Waals surface area contributed by atoms with Crippen LogP contribution in [0.4, 0.5) is 5.82 Å². The Labute approximate surface area is 182 Å². The summed E-state index contributed by atoms with van der Waals surface area (Å²) in [5, 5.41) is 5.02. The Bertz CT molecular complexity index is 1230. The van der Waals surface area contributed by atoms with Crippen LogP contribution < -0.4 is 4.74 Å². The third-order valence-electron chi connectivity index (χ3n) is 5.75. The fraction of sp³-hybridized carbons (Fsp3) is 0.192. The first kappa shape index (κ1) is 19.2. The molecule has 5 rings (SSSR count). The van der Waals surface area contributed by atoms with E-state index in [1.54, 1.807) is 13.3 Å². The van der Waals surface area contributed by atoms with Gasteiger partial charge in [-0.05, 0) is 41.3 Å². The van der Waals surface area contributed by atoms with Gasteiger partial charge in [0, 0.05) is 24.4 Å². The number of pyridine rings is 1. The van der Waals surface area contributed by atoms with E-state index in [1.807, 2.05) is 36.5 Å². The number of ether oxygens (including phenoxy) is 1. The number of methoxy groups -OCH3 is 1. The summed E-state index contributed by atoms with van der Waals surface area (Å²) in [6, 6.07) is 22.7. The van der Waals surface area contributed by atoms with E-state index >= 15 is 0 Å². The minimum absolute atomic E-state index is 0.0326. The molecular formula is C26H24N4O. The number of aromatic nitrogens is 3. The SMILES string of the molecule is CCc1nn2c(c1-c1ccccc1)N=C(c1cccc(OC)c1)CC2c1cccnc1. The summed E-state index contributed by atoms with van der Waals surface area (Å²) in [5.74, 6) is 1.73. The lowest BCUT2D eigenvalue weighted by Crippen LogP contribution is -2.21. The van der Waals surface area contributed by atoms with Gasteiger partial charge in [-0.1, -0.05) is 55.5 Å². The Morgan fingerprint density at radius 3 is 2.58 bits per heavy atom. The second-order valence-corrected chi connectivity index (χ2v) is 7.61. The second-order valence-electron chi connectivity index (χ2n) is 7.61. The van der Waals surface area contributed by atoms with E-state index in [4.69, 9.17) is 14.8 Å². The molecule has 5 heteroatoms. The predicted octanol–water partition coefficient (Wildman–Crippen LogP) is 5.63. The molecule has 1 atom stereocenters. The molecule has 0 spiro atoms. The van der Waals surface area contributed by atoms with Crippen molar-refractivity contribution in [3.8, 4) is 16.9 Å². The molecule has 154 valence electrons. The molecule has 5 nitrogen and oxygen atoms in total. The van der Waals surface area contributed by atoms with Crippen LogP contribution in [-0.4, -0.2) is 27.6 Å². The summed E-state index contributed by atoms with van der Waals surface area (Å²) in [6.07, 6.45) is 5.32. The zero-order valence-electron chi connectivity index (χ0n) is 17.7. The molecule has 0 bridgehead atoms. The van der Waals surface area contributed by atoms with E-state index in [-0.39, 0.29) is 6.04 Å². The molecule has 2 aromatic heterocycles. The predicted molar refractivity (Wildman–Crippen MR) is 123 cm³/mol. The highest BCUT2D eigenvalue weighted by Crippen LogP contribution is 2.42. The maximum absolute atomic E-state index is 5.46. The summed E-state index contributed by atoms with van der Waals surface area (Å²) in [5.41, 5.74) is 6.53. The summed E-state index contributed by atoms with van der Waals surface area (Å²) < 4.78 is 7.54. The van der Waals surface area contributed by atoms with Crippen LogP contribution in [0.3, 0.4) is 0 Å². The maximum Gasteiger partial charge on any atom is 0.159 e. The van der Waals surface area contributed by atoms with Crippen LogP contribution >= 0.6 is 0 Å². The molecule has 0 saturated carbocycles. The van der Waals surface area contributed by atoms with Gasteiger partial charge in [-0.3, -0.25) is 4.98 Å². The molecule has 4 aromatic rings. The minimum Gasteiger partial charge on any atom is -0.497 e. The van der Waals surface area contributed by atoms with Crippen molar-refractivity contribution in [2.24, 2.45) is 4.99 Å². The Morgan fingerprint density at radius 1 is 1.00 bits per heavy atom. The summed E-state index contributed by atoms with van der Waals surface area (Å²) in [7, 11) is 1.69. The molecule has 0 aliphatic carbocycles. The highest BCUT2D eigenvalue weighted by molar-refractivity contribution is 6.04. The van der Waals surface area contributed by atoms with Gasteiger partial charge in [0.25, 0.3) is 0 Å². The quantitative estimate of drug-likeness (QED) is 0.430. The summed E-state index contributed by atoms with van der Waals surface area (Å²) >= 11 is 0. The number of rotatable bonds is 5. The van der Waals surface area contributed by atoms with Gasteiger partial charge in [-0.15, -0.1) is 0 Å².